The number of nitrogen functional groups attached to an aromatic ring is 1. The predicted octanol–water partition coefficient (Wildman–Crippen LogP) is 3.81. The lowest BCUT2D eigenvalue weighted by atomic mass is 10.1. The lowest BCUT2D eigenvalue weighted by molar-refractivity contribution is -0.121. The van der Waals surface area contributed by atoms with Crippen molar-refractivity contribution in [3.8, 4) is 0 Å². The number of hydrogen-bond acceptors (Lipinski definition) is 8. The maximum Gasteiger partial charge on any atom is 0.268 e. The summed E-state index contributed by atoms with van der Waals surface area (Å²) in [7, 11) is 0. The summed E-state index contributed by atoms with van der Waals surface area (Å²) in [5, 5.41) is 4.14. The number of thioether (sulfide) groups is 1. The molecule has 1 amide bonds. The third-order valence-electron chi connectivity index (χ3n) is 4.64. The molecule has 0 aliphatic carbocycles. The molecule has 1 aromatic carbocycles. The first-order valence-electron chi connectivity index (χ1n) is 10.1. The van der Waals surface area contributed by atoms with Crippen LogP contribution in [0.3, 0.4) is 0 Å². The minimum atomic E-state index is -0.511. The molecule has 1 aliphatic heterocycles. The summed E-state index contributed by atoms with van der Waals surface area (Å²) in [6, 6.07) is 7.89. The fraction of sp³-hybridized carbons (Fsp3) is 0.333. The first kappa shape index (κ1) is 22.6. The van der Waals surface area contributed by atoms with Gasteiger partial charge in [-0.1, -0.05) is 32.0 Å². The number of hydrogen-bond donors (Lipinski definition) is 2. The molecule has 1 aliphatic rings. The van der Waals surface area contributed by atoms with E-state index in [9.17, 15) is 4.79 Å². The number of amides is 1. The van der Waals surface area contributed by atoms with E-state index in [0.717, 1.165) is 9.13 Å². The first-order valence-corrected chi connectivity index (χ1v) is 12.0. The van der Waals surface area contributed by atoms with Crippen LogP contribution in [-0.2, 0) is 20.8 Å². The van der Waals surface area contributed by atoms with E-state index in [1.165, 1.54) is 18.1 Å². The van der Waals surface area contributed by atoms with Gasteiger partial charge in [0.15, 0.2) is 22.1 Å². The SMILES string of the molecule is CC(C)CC(=O)NCCn1c(SC2=COC(c3ccccc3I)O2)nc2c(N)ncnc21. The molecule has 0 radical (unpaired) electrons. The molecule has 4 rings (SSSR count). The van der Waals surface area contributed by atoms with Crippen molar-refractivity contribution in [1.82, 2.24) is 24.8 Å². The molecule has 1 unspecified atom stereocenters. The highest BCUT2D eigenvalue weighted by atomic mass is 127. The van der Waals surface area contributed by atoms with Crippen molar-refractivity contribution in [2.45, 2.75) is 38.3 Å². The molecule has 3 heterocycles. The number of nitrogens with two attached hydrogens (primary N) is 1. The molecule has 9 nitrogen and oxygen atoms in total. The van der Waals surface area contributed by atoms with Gasteiger partial charge in [-0.05, 0) is 46.3 Å². The third-order valence-corrected chi connectivity index (χ3v) is 6.51. The molecular formula is C21H23IN6O3S. The summed E-state index contributed by atoms with van der Waals surface area (Å²) in [4.78, 5) is 25.0. The molecule has 2 aromatic heterocycles. The normalized spacial score (nSPS) is 15.5. The van der Waals surface area contributed by atoms with Gasteiger partial charge in [0.2, 0.25) is 11.0 Å². The van der Waals surface area contributed by atoms with Gasteiger partial charge < -0.3 is 25.1 Å². The molecule has 0 bridgehead atoms. The number of aromatic nitrogens is 4. The van der Waals surface area contributed by atoms with Crippen molar-refractivity contribution in [3.63, 3.8) is 0 Å². The number of anilines is 1. The van der Waals surface area contributed by atoms with E-state index >= 15 is 0 Å². The number of imidazole rings is 1. The monoisotopic (exact) mass is 566 g/mol. The largest absolute Gasteiger partial charge is 0.454 e. The molecule has 11 heteroatoms. The Kier molecular flexibility index (Phi) is 7.04. The summed E-state index contributed by atoms with van der Waals surface area (Å²) < 4.78 is 14.7. The molecular weight excluding hydrogens is 543 g/mol. The molecule has 1 atom stereocenters. The van der Waals surface area contributed by atoms with E-state index < -0.39 is 6.29 Å². The summed E-state index contributed by atoms with van der Waals surface area (Å²) in [5.41, 5.74) is 8.09. The van der Waals surface area contributed by atoms with Gasteiger partial charge in [0, 0.05) is 28.6 Å². The Hall–Kier alpha value is -2.54. The Morgan fingerprint density at radius 3 is 2.94 bits per heavy atom. The van der Waals surface area contributed by atoms with E-state index in [-0.39, 0.29) is 5.91 Å². The highest BCUT2D eigenvalue weighted by Gasteiger charge is 2.26. The minimum absolute atomic E-state index is 0.0169. The molecule has 0 saturated heterocycles. The molecule has 3 aromatic rings. The molecule has 168 valence electrons. The zero-order chi connectivity index (χ0) is 22.7. The van der Waals surface area contributed by atoms with Crippen LogP contribution in [0.4, 0.5) is 5.82 Å². The molecule has 32 heavy (non-hydrogen) atoms. The van der Waals surface area contributed by atoms with Crippen molar-refractivity contribution in [1.29, 1.82) is 0 Å². The number of nitrogens with one attached hydrogen (secondary N) is 1. The summed E-state index contributed by atoms with van der Waals surface area (Å²) in [5.74, 6) is 0.617. The zero-order valence-electron chi connectivity index (χ0n) is 17.6. The Morgan fingerprint density at radius 2 is 2.16 bits per heavy atom. The van der Waals surface area contributed by atoms with Crippen LogP contribution in [0.2, 0.25) is 0 Å². The predicted molar refractivity (Wildman–Crippen MR) is 130 cm³/mol. The number of ether oxygens (including phenoxy) is 2. The Balaban J connectivity index is 1.51. The van der Waals surface area contributed by atoms with Crippen molar-refractivity contribution >= 4 is 57.2 Å². The minimum Gasteiger partial charge on any atom is -0.454 e. The standard InChI is InChI=1S/C21H23IN6O3S/c1-12(2)9-15(29)24-7-8-28-19-17(18(23)25-11-26-19)27-21(28)32-16-10-30-20(31-16)13-5-3-4-6-14(13)22/h3-6,10-12,20H,7-9H2,1-2H3,(H,24,29)(H2,23,25,26). The molecule has 0 spiro atoms. The second-order valence-corrected chi connectivity index (χ2v) is 9.71. The number of carbonyl (C=O) groups is 1. The van der Waals surface area contributed by atoms with Gasteiger partial charge in [0.05, 0.1) is 0 Å². The Morgan fingerprint density at radius 1 is 1.34 bits per heavy atom. The number of benzene rings is 1. The third kappa shape index (κ3) is 5.09. The maximum absolute atomic E-state index is 12.0. The van der Waals surface area contributed by atoms with Gasteiger partial charge in [-0.3, -0.25) is 4.79 Å². The summed E-state index contributed by atoms with van der Waals surface area (Å²) >= 11 is 3.57. The van der Waals surface area contributed by atoms with E-state index in [2.05, 4.69) is 42.9 Å². The average Bonchev–Trinajstić information content (AvgIpc) is 3.34. The molecule has 0 saturated carbocycles. The van der Waals surface area contributed by atoms with Crippen molar-refractivity contribution in [2.24, 2.45) is 5.92 Å². The van der Waals surface area contributed by atoms with E-state index in [4.69, 9.17) is 15.2 Å². The van der Waals surface area contributed by atoms with Crippen LogP contribution in [0.15, 0.2) is 47.1 Å². The van der Waals surface area contributed by atoms with Crippen LogP contribution >= 0.6 is 34.4 Å². The van der Waals surface area contributed by atoms with Gasteiger partial charge in [-0.2, -0.15) is 0 Å². The number of halogens is 1. The fourth-order valence-electron chi connectivity index (χ4n) is 3.18. The summed E-state index contributed by atoms with van der Waals surface area (Å²) in [6.07, 6.45) is 2.97. The highest BCUT2D eigenvalue weighted by Crippen LogP contribution is 2.39. The van der Waals surface area contributed by atoms with Gasteiger partial charge in [0.1, 0.15) is 12.6 Å². The average molecular weight is 566 g/mol. The second-order valence-electron chi connectivity index (χ2n) is 7.57. The molecule has 0 fully saturated rings. The van der Waals surface area contributed by atoms with Crippen LogP contribution in [0.1, 0.15) is 32.1 Å². The number of nitrogens with zero attached hydrogens (tertiary/aromatic N) is 4. The smallest absolute Gasteiger partial charge is 0.268 e. The van der Waals surface area contributed by atoms with E-state index in [1.807, 2.05) is 42.7 Å². The van der Waals surface area contributed by atoms with Gasteiger partial charge in [0.25, 0.3) is 6.29 Å². The Bertz CT molecular complexity index is 1170. The number of fused-ring (bicyclic) bond motifs is 1. The Labute approximate surface area is 203 Å². The van der Waals surface area contributed by atoms with Crippen LogP contribution in [0, 0.1) is 9.49 Å². The van der Waals surface area contributed by atoms with Crippen molar-refractivity contribution < 1.29 is 14.3 Å². The van der Waals surface area contributed by atoms with Crippen LogP contribution in [0.25, 0.3) is 11.2 Å². The molecule has 3 N–H and O–H groups in total. The van der Waals surface area contributed by atoms with E-state index in [0.29, 0.717) is 52.7 Å². The van der Waals surface area contributed by atoms with E-state index in [1.54, 1.807) is 6.26 Å². The van der Waals surface area contributed by atoms with Crippen LogP contribution in [0.5, 0.6) is 0 Å². The van der Waals surface area contributed by atoms with Gasteiger partial charge >= 0.3 is 0 Å². The topological polar surface area (TPSA) is 117 Å². The van der Waals surface area contributed by atoms with Crippen molar-refractivity contribution in [2.75, 3.05) is 12.3 Å². The fourth-order valence-corrected chi connectivity index (χ4v) is 4.67. The zero-order valence-corrected chi connectivity index (χ0v) is 20.6. The van der Waals surface area contributed by atoms with Gasteiger partial charge in [-0.25, -0.2) is 15.0 Å². The maximum atomic E-state index is 12.0. The van der Waals surface area contributed by atoms with Crippen molar-refractivity contribution in [3.05, 3.63) is 51.1 Å². The quantitative estimate of drug-likeness (QED) is 0.396. The number of carbonyl (C=O) groups excluding carboxylic acids is 1. The lowest BCUT2D eigenvalue weighted by Gasteiger charge is -2.13. The second kappa shape index (κ2) is 9.94. The first-order chi connectivity index (χ1) is 15.4. The number of rotatable bonds is 8. The summed E-state index contributed by atoms with van der Waals surface area (Å²) in [6.45, 7) is 4.94. The highest BCUT2D eigenvalue weighted by molar-refractivity contribution is 14.1. The van der Waals surface area contributed by atoms with Crippen LogP contribution in [-0.4, -0.2) is 32.0 Å². The van der Waals surface area contributed by atoms with Crippen LogP contribution < -0.4 is 11.1 Å². The lowest BCUT2D eigenvalue weighted by Crippen LogP contribution is -2.28. The van der Waals surface area contributed by atoms with Gasteiger partial charge in [-0.15, -0.1) is 0 Å².